The molecule has 3 rings (SSSR count). The summed E-state index contributed by atoms with van der Waals surface area (Å²) in [6, 6.07) is 0. The molecule has 1 atom stereocenters. The third-order valence-corrected chi connectivity index (χ3v) is 3.76. The van der Waals surface area contributed by atoms with Gasteiger partial charge < -0.3 is 20.6 Å². The summed E-state index contributed by atoms with van der Waals surface area (Å²) in [6.45, 7) is -0.00688. The van der Waals surface area contributed by atoms with Crippen LogP contribution in [-0.4, -0.2) is 37.8 Å². The molecule has 4 N–H and O–H groups in total. The number of aromatic nitrogens is 4. The van der Waals surface area contributed by atoms with Gasteiger partial charge >= 0.3 is 0 Å². The number of rotatable bonds is 5. The van der Waals surface area contributed by atoms with Crippen LogP contribution in [0.4, 0.5) is 5.95 Å². The molecule has 0 radical (unpaired) electrons. The number of nitrogens with zero attached hydrogens (tertiary/aromatic N) is 3. The van der Waals surface area contributed by atoms with Crippen LogP contribution in [0.1, 0.15) is 31.9 Å². The number of aliphatic hydroxyl groups is 1. The number of hydrogen-bond donors (Lipinski definition) is 3. The van der Waals surface area contributed by atoms with E-state index in [9.17, 15) is 4.79 Å². The molecule has 0 aliphatic heterocycles. The van der Waals surface area contributed by atoms with Crippen LogP contribution in [0.5, 0.6) is 0 Å². The van der Waals surface area contributed by atoms with Gasteiger partial charge in [0.2, 0.25) is 5.95 Å². The third kappa shape index (κ3) is 2.62. The molecule has 1 aliphatic rings. The van der Waals surface area contributed by atoms with Crippen molar-refractivity contribution in [1.29, 1.82) is 0 Å². The minimum atomic E-state index is -0.639. The summed E-state index contributed by atoms with van der Waals surface area (Å²) in [6.07, 6.45) is 6.80. The number of aromatic amines is 1. The van der Waals surface area contributed by atoms with E-state index in [0.717, 1.165) is 31.3 Å². The number of anilines is 1. The molecule has 8 nitrogen and oxygen atoms in total. The summed E-state index contributed by atoms with van der Waals surface area (Å²) in [5.74, 6) is 0.0546. The number of H-pyrrole nitrogens is 1. The quantitative estimate of drug-likeness (QED) is 0.700. The molecule has 0 saturated heterocycles. The summed E-state index contributed by atoms with van der Waals surface area (Å²) < 4.78 is 7.02. The Morgan fingerprint density at radius 2 is 2.36 bits per heavy atom. The first-order valence-electron chi connectivity index (χ1n) is 7.35. The first kappa shape index (κ1) is 14.7. The number of fused-ring (bicyclic) bond motifs is 1. The van der Waals surface area contributed by atoms with Crippen molar-refractivity contribution in [3.63, 3.8) is 0 Å². The number of nitrogens with one attached hydrogen (secondary N) is 1. The second kappa shape index (κ2) is 6.29. The SMILES string of the molecule is Nc1nc2nc[nH]c2c(=O)n1C(OCCO)C1=CCCCC1. The molecule has 0 saturated carbocycles. The highest BCUT2D eigenvalue weighted by molar-refractivity contribution is 5.69. The van der Waals surface area contributed by atoms with Gasteiger partial charge in [-0.1, -0.05) is 6.08 Å². The zero-order chi connectivity index (χ0) is 15.5. The molecule has 22 heavy (non-hydrogen) atoms. The van der Waals surface area contributed by atoms with Gasteiger partial charge in [-0.25, -0.2) is 9.55 Å². The maximum Gasteiger partial charge on any atom is 0.283 e. The lowest BCUT2D eigenvalue weighted by Gasteiger charge is -2.26. The van der Waals surface area contributed by atoms with E-state index in [0.29, 0.717) is 5.52 Å². The molecule has 1 aliphatic carbocycles. The number of imidazole rings is 1. The van der Waals surface area contributed by atoms with E-state index in [1.165, 1.54) is 10.9 Å². The van der Waals surface area contributed by atoms with Gasteiger partial charge in [0.25, 0.3) is 5.56 Å². The van der Waals surface area contributed by atoms with Crippen molar-refractivity contribution in [3.05, 3.63) is 28.3 Å². The van der Waals surface area contributed by atoms with Crippen molar-refractivity contribution < 1.29 is 9.84 Å². The molecular formula is C14H19N5O3. The van der Waals surface area contributed by atoms with Crippen molar-refractivity contribution >= 4 is 17.1 Å². The van der Waals surface area contributed by atoms with Gasteiger partial charge in [-0.05, 0) is 31.3 Å². The number of nitrogens with two attached hydrogens (primary N) is 1. The minimum absolute atomic E-state index is 0.0546. The van der Waals surface area contributed by atoms with E-state index in [-0.39, 0.29) is 30.4 Å². The van der Waals surface area contributed by atoms with Crippen LogP contribution >= 0.6 is 0 Å². The zero-order valence-corrected chi connectivity index (χ0v) is 12.2. The summed E-state index contributed by atoms with van der Waals surface area (Å²) in [7, 11) is 0. The largest absolute Gasteiger partial charge is 0.394 e. The average Bonchev–Trinajstić information content (AvgIpc) is 2.99. The van der Waals surface area contributed by atoms with E-state index in [4.69, 9.17) is 15.6 Å². The fourth-order valence-electron chi connectivity index (χ4n) is 2.74. The fraction of sp³-hybridized carbons (Fsp3) is 0.500. The summed E-state index contributed by atoms with van der Waals surface area (Å²) in [5, 5.41) is 9.04. The van der Waals surface area contributed by atoms with Crippen molar-refractivity contribution in [1.82, 2.24) is 19.5 Å². The van der Waals surface area contributed by atoms with Crippen LogP contribution in [-0.2, 0) is 4.74 Å². The molecule has 0 fully saturated rings. The molecule has 0 spiro atoms. The Morgan fingerprint density at radius 1 is 1.50 bits per heavy atom. The van der Waals surface area contributed by atoms with E-state index < -0.39 is 6.23 Å². The first-order valence-corrected chi connectivity index (χ1v) is 7.35. The van der Waals surface area contributed by atoms with Crippen LogP contribution < -0.4 is 11.3 Å². The first-order chi connectivity index (χ1) is 10.7. The van der Waals surface area contributed by atoms with Crippen molar-refractivity contribution in [2.24, 2.45) is 0 Å². The smallest absolute Gasteiger partial charge is 0.283 e. The highest BCUT2D eigenvalue weighted by Gasteiger charge is 2.24. The molecule has 2 aromatic rings. The molecule has 1 unspecified atom stereocenters. The Balaban J connectivity index is 2.10. The number of allylic oxidation sites excluding steroid dienone is 1. The number of ether oxygens (including phenoxy) is 1. The lowest BCUT2D eigenvalue weighted by Crippen LogP contribution is -2.32. The summed E-state index contributed by atoms with van der Waals surface area (Å²) in [5.41, 5.74) is 7.21. The zero-order valence-electron chi connectivity index (χ0n) is 12.2. The van der Waals surface area contributed by atoms with Crippen LogP contribution in [0.3, 0.4) is 0 Å². The van der Waals surface area contributed by atoms with Crippen molar-refractivity contribution in [2.75, 3.05) is 18.9 Å². The standard InChI is InChI=1S/C14H19N5O3/c15-14-18-11-10(16-8-17-11)12(21)19(14)13(22-7-6-20)9-4-2-1-3-5-9/h4,8,13,20H,1-3,5-7H2,(H2,15,18)(H,16,17). The Kier molecular flexibility index (Phi) is 4.21. The second-order valence-corrected chi connectivity index (χ2v) is 5.22. The second-order valence-electron chi connectivity index (χ2n) is 5.22. The van der Waals surface area contributed by atoms with Crippen LogP contribution in [0.15, 0.2) is 22.8 Å². The molecule has 8 heteroatoms. The Morgan fingerprint density at radius 3 is 3.09 bits per heavy atom. The summed E-state index contributed by atoms with van der Waals surface area (Å²) >= 11 is 0. The van der Waals surface area contributed by atoms with Crippen molar-refractivity contribution in [2.45, 2.75) is 31.9 Å². The molecule has 2 aromatic heterocycles. The number of nitrogen functional groups attached to an aromatic ring is 1. The van der Waals surface area contributed by atoms with E-state index in [1.54, 1.807) is 0 Å². The maximum absolute atomic E-state index is 12.7. The normalized spacial score (nSPS) is 16.7. The number of aliphatic hydroxyl groups excluding tert-OH is 1. The van der Waals surface area contributed by atoms with E-state index in [2.05, 4.69) is 21.0 Å². The predicted molar refractivity (Wildman–Crippen MR) is 81.2 cm³/mol. The summed E-state index contributed by atoms with van der Waals surface area (Å²) in [4.78, 5) is 23.6. The lowest BCUT2D eigenvalue weighted by atomic mass is 9.98. The highest BCUT2D eigenvalue weighted by atomic mass is 16.5. The molecule has 0 bridgehead atoms. The third-order valence-electron chi connectivity index (χ3n) is 3.76. The molecule has 118 valence electrons. The lowest BCUT2D eigenvalue weighted by molar-refractivity contribution is 0.00462. The molecule has 0 aromatic carbocycles. The van der Waals surface area contributed by atoms with Gasteiger partial charge in [0, 0.05) is 0 Å². The topological polar surface area (TPSA) is 119 Å². The van der Waals surface area contributed by atoms with Gasteiger partial charge in [0.15, 0.2) is 17.4 Å². The predicted octanol–water partition coefficient (Wildman–Crippen LogP) is 0.710. The number of hydrogen-bond acceptors (Lipinski definition) is 6. The van der Waals surface area contributed by atoms with E-state index >= 15 is 0 Å². The van der Waals surface area contributed by atoms with E-state index in [1.807, 2.05) is 0 Å². The minimum Gasteiger partial charge on any atom is -0.394 e. The van der Waals surface area contributed by atoms with Crippen LogP contribution in [0.25, 0.3) is 11.2 Å². The fourth-order valence-corrected chi connectivity index (χ4v) is 2.74. The van der Waals surface area contributed by atoms with Gasteiger partial charge in [0.1, 0.15) is 0 Å². The highest BCUT2D eigenvalue weighted by Crippen LogP contribution is 2.29. The van der Waals surface area contributed by atoms with Gasteiger partial charge in [-0.2, -0.15) is 4.98 Å². The molecule has 2 heterocycles. The monoisotopic (exact) mass is 305 g/mol. The van der Waals surface area contributed by atoms with Gasteiger partial charge in [-0.3, -0.25) is 4.79 Å². The Bertz CT molecular complexity index is 749. The Labute approximate surface area is 126 Å². The van der Waals surface area contributed by atoms with Gasteiger partial charge in [0.05, 0.1) is 19.5 Å². The molecular weight excluding hydrogens is 286 g/mol. The Hall–Kier alpha value is -2.19. The maximum atomic E-state index is 12.7. The average molecular weight is 305 g/mol. The van der Waals surface area contributed by atoms with Crippen molar-refractivity contribution in [3.8, 4) is 0 Å². The molecule has 0 amide bonds. The van der Waals surface area contributed by atoms with Crippen LogP contribution in [0.2, 0.25) is 0 Å². The van der Waals surface area contributed by atoms with Crippen LogP contribution in [0, 0.1) is 0 Å². The van der Waals surface area contributed by atoms with Gasteiger partial charge in [-0.15, -0.1) is 0 Å².